The van der Waals surface area contributed by atoms with E-state index in [4.69, 9.17) is 14.7 Å². The smallest absolute Gasteiger partial charge is 0.414 e. The third-order valence-electron chi connectivity index (χ3n) is 4.90. The fourth-order valence-electron chi connectivity index (χ4n) is 3.63. The molecule has 1 N–H and O–H groups in total. The molecule has 7 nitrogen and oxygen atoms in total. The van der Waals surface area contributed by atoms with Crippen molar-refractivity contribution >= 4 is 12.0 Å². The highest BCUT2D eigenvalue weighted by Gasteiger charge is 2.41. The Morgan fingerprint density at radius 1 is 1.33 bits per heavy atom. The Kier molecular flexibility index (Phi) is 4.24. The molecule has 2 atom stereocenters. The number of amides is 2. The van der Waals surface area contributed by atoms with E-state index in [-0.39, 0.29) is 5.92 Å². The van der Waals surface area contributed by atoms with Gasteiger partial charge in [0.2, 0.25) is 0 Å². The maximum Gasteiger partial charge on any atom is 0.414 e. The van der Waals surface area contributed by atoms with Gasteiger partial charge in [-0.3, -0.25) is 15.1 Å². The number of aryl methyl sites for hydroxylation is 2. The lowest BCUT2D eigenvalue weighted by Gasteiger charge is -2.26. The number of aromatic nitrogens is 1. The Balaban J connectivity index is 1.59. The second-order valence-electron chi connectivity index (χ2n) is 6.72. The molecule has 2 amide bonds. The SMILES string of the molecule is Cc1cc(C#N)ccc1Oc1cnc2c(c1)CCC[C@H]2C1OC(=O)NC1=O. The minimum absolute atomic E-state index is 0.245. The summed E-state index contributed by atoms with van der Waals surface area (Å²) in [7, 11) is 0. The largest absolute Gasteiger partial charge is 0.455 e. The van der Waals surface area contributed by atoms with Crippen molar-refractivity contribution < 1.29 is 19.1 Å². The van der Waals surface area contributed by atoms with Crippen molar-refractivity contribution in [2.75, 3.05) is 0 Å². The van der Waals surface area contributed by atoms with Gasteiger partial charge in [-0.25, -0.2) is 4.79 Å². The van der Waals surface area contributed by atoms with Crippen LogP contribution in [0.5, 0.6) is 11.5 Å². The summed E-state index contributed by atoms with van der Waals surface area (Å²) in [6.45, 7) is 1.88. The molecule has 0 saturated carbocycles. The minimum Gasteiger partial charge on any atom is -0.455 e. The lowest BCUT2D eigenvalue weighted by Crippen LogP contribution is -2.32. The van der Waals surface area contributed by atoms with E-state index in [1.165, 1.54) is 0 Å². The van der Waals surface area contributed by atoms with Crippen LogP contribution in [0, 0.1) is 18.3 Å². The predicted molar refractivity (Wildman–Crippen MR) is 94.3 cm³/mol. The van der Waals surface area contributed by atoms with Gasteiger partial charge in [0.1, 0.15) is 11.5 Å². The lowest BCUT2D eigenvalue weighted by molar-refractivity contribution is -0.124. The van der Waals surface area contributed by atoms with E-state index in [1.807, 2.05) is 13.0 Å². The fraction of sp³-hybridized carbons (Fsp3) is 0.300. The number of fused-ring (bicyclic) bond motifs is 1. The van der Waals surface area contributed by atoms with Crippen molar-refractivity contribution in [1.82, 2.24) is 10.3 Å². The highest BCUT2D eigenvalue weighted by atomic mass is 16.6. The van der Waals surface area contributed by atoms with Gasteiger partial charge in [-0.1, -0.05) is 0 Å². The van der Waals surface area contributed by atoms with Gasteiger partial charge in [-0.2, -0.15) is 5.26 Å². The van der Waals surface area contributed by atoms with Crippen LogP contribution in [0.2, 0.25) is 0 Å². The van der Waals surface area contributed by atoms with Crippen molar-refractivity contribution in [2.24, 2.45) is 0 Å². The molecule has 136 valence electrons. The van der Waals surface area contributed by atoms with Crippen molar-refractivity contribution in [3.63, 3.8) is 0 Å². The number of benzene rings is 1. The minimum atomic E-state index is -0.823. The zero-order chi connectivity index (χ0) is 19.0. The first kappa shape index (κ1) is 17.0. The van der Waals surface area contributed by atoms with Crippen LogP contribution in [0.3, 0.4) is 0 Å². The number of nitriles is 1. The van der Waals surface area contributed by atoms with E-state index < -0.39 is 18.1 Å². The van der Waals surface area contributed by atoms with E-state index >= 15 is 0 Å². The van der Waals surface area contributed by atoms with Crippen LogP contribution in [0.1, 0.15) is 41.1 Å². The molecule has 1 fully saturated rings. The average Bonchev–Trinajstić information content (AvgIpc) is 3.00. The Bertz CT molecular complexity index is 980. The van der Waals surface area contributed by atoms with Gasteiger partial charge in [0.15, 0.2) is 6.10 Å². The van der Waals surface area contributed by atoms with Gasteiger partial charge in [-0.05, 0) is 61.6 Å². The molecule has 1 aromatic heterocycles. The van der Waals surface area contributed by atoms with Crippen LogP contribution in [0.15, 0.2) is 30.5 Å². The number of nitrogens with zero attached hydrogens (tertiary/aromatic N) is 2. The summed E-state index contributed by atoms with van der Waals surface area (Å²) in [5, 5.41) is 11.1. The predicted octanol–water partition coefficient (Wildman–Crippen LogP) is 3.11. The van der Waals surface area contributed by atoms with Gasteiger partial charge in [0, 0.05) is 5.92 Å². The molecule has 1 aliphatic heterocycles. The summed E-state index contributed by atoms with van der Waals surface area (Å²) in [4.78, 5) is 27.8. The monoisotopic (exact) mass is 363 g/mol. The third-order valence-corrected chi connectivity index (χ3v) is 4.90. The Morgan fingerprint density at radius 3 is 2.89 bits per heavy atom. The number of hydrogen-bond donors (Lipinski definition) is 1. The number of nitrogens with one attached hydrogen (secondary N) is 1. The molecule has 2 heterocycles. The van der Waals surface area contributed by atoms with Crippen LogP contribution in [-0.4, -0.2) is 23.1 Å². The van der Waals surface area contributed by atoms with Crippen molar-refractivity contribution in [3.05, 3.63) is 52.8 Å². The number of ether oxygens (including phenoxy) is 2. The zero-order valence-electron chi connectivity index (χ0n) is 14.7. The maximum absolute atomic E-state index is 12.0. The van der Waals surface area contributed by atoms with Crippen LogP contribution >= 0.6 is 0 Å². The van der Waals surface area contributed by atoms with Gasteiger partial charge >= 0.3 is 6.09 Å². The summed E-state index contributed by atoms with van der Waals surface area (Å²) in [6.07, 6.45) is 2.53. The molecule has 2 aliphatic rings. The molecule has 2 aromatic rings. The van der Waals surface area contributed by atoms with Crippen LogP contribution < -0.4 is 10.1 Å². The van der Waals surface area contributed by atoms with Gasteiger partial charge in [0.25, 0.3) is 5.91 Å². The fourth-order valence-corrected chi connectivity index (χ4v) is 3.63. The maximum atomic E-state index is 12.0. The second-order valence-corrected chi connectivity index (χ2v) is 6.72. The summed E-state index contributed by atoms with van der Waals surface area (Å²) in [5.74, 6) is 0.598. The topological polar surface area (TPSA) is 101 Å². The molecule has 1 unspecified atom stereocenters. The van der Waals surface area contributed by atoms with Gasteiger partial charge in [-0.15, -0.1) is 0 Å². The molecule has 0 spiro atoms. The Morgan fingerprint density at radius 2 is 2.19 bits per heavy atom. The van der Waals surface area contributed by atoms with E-state index in [9.17, 15) is 9.59 Å². The van der Waals surface area contributed by atoms with Gasteiger partial charge < -0.3 is 9.47 Å². The average molecular weight is 363 g/mol. The molecule has 1 aromatic carbocycles. The number of carbonyl (C=O) groups is 2. The first-order valence-corrected chi connectivity index (χ1v) is 8.74. The third kappa shape index (κ3) is 3.22. The van der Waals surface area contributed by atoms with E-state index in [0.29, 0.717) is 17.1 Å². The standard InChI is InChI=1S/C20H17N3O4/c1-11-7-12(9-21)5-6-16(11)26-14-8-13-3-2-4-15(17(13)22-10-14)18-19(24)23-20(25)27-18/h5-8,10,15,18H,2-4H2,1H3,(H,23,24,25)/t15-,18?/m1/s1. The highest BCUT2D eigenvalue weighted by molar-refractivity contribution is 6.00. The van der Waals surface area contributed by atoms with Crippen molar-refractivity contribution in [3.8, 4) is 17.6 Å². The van der Waals surface area contributed by atoms with Crippen LogP contribution in [0.4, 0.5) is 4.79 Å². The summed E-state index contributed by atoms with van der Waals surface area (Å²) in [5.41, 5.74) is 3.21. The molecule has 7 heteroatoms. The molecule has 1 aliphatic carbocycles. The molecule has 27 heavy (non-hydrogen) atoms. The van der Waals surface area contributed by atoms with Crippen molar-refractivity contribution in [2.45, 2.75) is 38.2 Å². The van der Waals surface area contributed by atoms with Crippen LogP contribution in [0.25, 0.3) is 0 Å². The number of imide groups is 1. The molecular weight excluding hydrogens is 346 g/mol. The first-order chi connectivity index (χ1) is 13.0. The number of carbonyl (C=O) groups excluding carboxylic acids is 2. The lowest BCUT2D eigenvalue weighted by atomic mass is 9.83. The number of cyclic esters (lactones) is 1. The van der Waals surface area contributed by atoms with Crippen molar-refractivity contribution in [1.29, 1.82) is 5.26 Å². The number of alkyl carbamates (subject to hydrolysis) is 1. The number of pyridine rings is 1. The summed E-state index contributed by atoms with van der Waals surface area (Å²) >= 11 is 0. The quantitative estimate of drug-likeness (QED) is 0.899. The molecule has 1 saturated heterocycles. The van der Waals surface area contributed by atoms with E-state index in [0.717, 1.165) is 36.1 Å². The first-order valence-electron chi connectivity index (χ1n) is 8.74. The molecule has 0 bridgehead atoms. The molecule has 4 rings (SSSR count). The summed E-state index contributed by atoms with van der Waals surface area (Å²) < 4.78 is 11.1. The number of rotatable bonds is 3. The van der Waals surface area contributed by atoms with Gasteiger partial charge in [0.05, 0.1) is 23.5 Å². The molecule has 0 radical (unpaired) electrons. The highest BCUT2D eigenvalue weighted by Crippen LogP contribution is 2.37. The normalized spacial score (nSPS) is 21.0. The van der Waals surface area contributed by atoms with E-state index in [2.05, 4.69) is 16.4 Å². The molecular formula is C20H17N3O4. The number of hydrogen-bond acceptors (Lipinski definition) is 6. The second kappa shape index (κ2) is 6.72. The summed E-state index contributed by atoms with van der Waals surface area (Å²) in [6, 6.07) is 9.26. The van der Waals surface area contributed by atoms with E-state index in [1.54, 1.807) is 24.4 Å². The van der Waals surface area contributed by atoms with Crippen LogP contribution in [-0.2, 0) is 16.0 Å². The zero-order valence-corrected chi connectivity index (χ0v) is 14.7. The Hall–Kier alpha value is -3.40. The Labute approximate surface area is 155 Å².